The van der Waals surface area contributed by atoms with Gasteiger partial charge >= 0.3 is 6.03 Å². The van der Waals surface area contributed by atoms with Gasteiger partial charge in [0.2, 0.25) is 0 Å². The third-order valence-electron chi connectivity index (χ3n) is 2.87. The number of hydrogen-bond donors (Lipinski definition) is 1. The highest BCUT2D eigenvalue weighted by atomic mass is 16.2. The minimum Gasteiger partial charge on any atom is -0.326 e. The molecule has 1 aliphatic rings. The van der Waals surface area contributed by atoms with Crippen LogP contribution in [0.15, 0.2) is 24.3 Å². The van der Waals surface area contributed by atoms with Crippen molar-refractivity contribution in [3.05, 3.63) is 29.8 Å². The number of rotatable bonds is 3. The third kappa shape index (κ3) is 1.88. The zero-order valence-electron chi connectivity index (χ0n) is 9.73. The monoisotopic (exact) mass is 219 g/mol. The van der Waals surface area contributed by atoms with Crippen LogP contribution in [-0.2, 0) is 6.54 Å². The number of amides is 2. The highest BCUT2D eigenvalue weighted by Crippen LogP contribution is 2.23. The van der Waals surface area contributed by atoms with Crippen LogP contribution in [0.3, 0.4) is 0 Å². The maximum Gasteiger partial charge on any atom is 0.324 e. The fraction of sp³-hybridized carbons (Fsp3) is 0.417. The van der Waals surface area contributed by atoms with Crippen LogP contribution in [-0.4, -0.2) is 38.1 Å². The molecule has 1 heterocycles. The number of anilines is 1. The van der Waals surface area contributed by atoms with Crippen molar-refractivity contribution >= 4 is 11.7 Å². The number of carbonyl (C=O) groups is 1. The molecular formula is C12H17N3O. The van der Waals surface area contributed by atoms with Crippen LogP contribution in [0, 0.1) is 0 Å². The lowest BCUT2D eigenvalue weighted by Gasteiger charge is -2.19. The van der Waals surface area contributed by atoms with Gasteiger partial charge in [0.1, 0.15) is 0 Å². The van der Waals surface area contributed by atoms with Crippen LogP contribution in [0.5, 0.6) is 0 Å². The number of likely N-dealkylation sites (N-methyl/N-ethyl adjacent to an activating group) is 1. The van der Waals surface area contributed by atoms with Gasteiger partial charge in [-0.05, 0) is 18.7 Å². The lowest BCUT2D eigenvalue weighted by molar-refractivity contribution is 0.229. The smallest absolute Gasteiger partial charge is 0.324 e. The minimum atomic E-state index is 0.0866. The summed E-state index contributed by atoms with van der Waals surface area (Å²) in [7, 11) is 3.75. The van der Waals surface area contributed by atoms with Crippen LogP contribution in [0.25, 0.3) is 0 Å². The lowest BCUT2D eigenvalue weighted by atomic mass is 10.1. The van der Waals surface area contributed by atoms with E-state index in [4.69, 9.17) is 0 Å². The van der Waals surface area contributed by atoms with Crippen molar-refractivity contribution in [3.63, 3.8) is 0 Å². The second-order valence-corrected chi connectivity index (χ2v) is 4.01. The molecule has 0 spiro atoms. The van der Waals surface area contributed by atoms with E-state index in [1.807, 2.05) is 37.2 Å². The van der Waals surface area contributed by atoms with E-state index >= 15 is 0 Å². The largest absolute Gasteiger partial charge is 0.326 e. The van der Waals surface area contributed by atoms with Crippen LogP contribution in [0.2, 0.25) is 0 Å². The average Bonchev–Trinajstić information content (AvgIpc) is 2.61. The highest BCUT2D eigenvalue weighted by molar-refractivity contribution is 5.94. The maximum absolute atomic E-state index is 11.9. The number of nitrogens with one attached hydrogen (secondary N) is 1. The summed E-state index contributed by atoms with van der Waals surface area (Å²) in [5.41, 5.74) is 2.18. The molecule has 0 aliphatic carbocycles. The van der Waals surface area contributed by atoms with Crippen molar-refractivity contribution in [2.24, 2.45) is 0 Å². The molecule has 2 amide bonds. The molecule has 0 radical (unpaired) electrons. The first-order valence-electron chi connectivity index (χ1n) is 5.49. The van der Waals surface area contributed by atoms with E-state index in [1.54, 1.807) is 4.90 Å². The molecule has 1 saturated heterocycles. The van der Waals surface area contributed by atoms with Crippen molar-refractivity contribution in [1.29, 1.82) is 0 Å². The molecule has 0 bridgehead atoms. The highest BCUT2D eigenvalue weighted by Gasteiger charge is 2.27. The number of nitrogens with zero attached hydrogens (tertiary/aromatic N) is 2. The van der Waals surface area contributed by atoms with E-state index in [9.17, 15) is 4.79 Å². The molecule has 1 fully saturated rings. The van der Waals surface area contributed by atoms with Crippen molar-refractivity contribution < 1.29 is 4.79 Å². The summed E-state index contributed by atoms with van der Waals surface area (Å²) in [5, 5.41) is 3.12. The Balaban J connectivity index is 2.29. The number of carbonyl (C=O) groups excluding carboxylic acids is 1. The number of benzene rings is 1. The van der Waals surface area contributed by atoms with E-state index in [1.165, 1.54) is 0 Å². The molecule has 0 atom stereocenters. The Morgan fingerprint density at radius 2 is 2.06 bits per heavy atom. The standard InChI is InChI=1S/C12H17N3O/c1-13-9-10-5-3-4-6-11(10)15-8-7-14(2)12(15)16/h3-6,13H,7-9H2,1-2H3. The van der Waals surface area contributed by atoms with Crippen LogP contribution < -0.4 is 10.2 Å². The molecule has 0 aromatic heterocycles. The molecule has 86 valence electrons. The summed E-state index contributed by atoms with van der Waals surface area (Å²) in [6, 6.07) is 8.12. The number of para-hydroxylation sites is 1. The van der Waals surface area contributed by atoms with Crippen molar-refractivity contribution in [1.82, 2.24) is 10.2 Å². The van der Waals surface area contributed by atoms with Gasteiger partial charge in [0.05, 0.1) is 0 Å². The molecule has 0 saturated carbocycles. The third-order valence-corrected chi connectivity index (χ3v) is 2.87. The van der Waals surface area contributed by atoms with E-state index < -0.39 is 0 Å². The van der Waals surface area contributed by atoms with Gasteiger partial charge in [-0.3, -0.25) is 4.90 Å². The second kappa shape index (κ2) is 4.53. The number of hydrogen-bond acceptors (Lipinski definition) is 2. The van der Waals surface area contributed by atoms with Crippen LogP contribution in [0.4, 0.5) is 10.5 Å². The van der Waals surface area contributed by atoms with E-state index in [0.29, 0.717) is 0 Å². The normalized spacial score (nSPS) is 16.0. The molecule has 2 rings (SSSR count). The zero-order chi connectivity index (χ0) is 11.5. The van der Waals surface area contributed by atoms with Gasteiger partial charge in [0.25, 0.3) is 0 Å². The van der Waals surface area contributed by atoms with Gasteiger partial charge in [-0.1, -0.05) is 18.2 Å². The maximum atomic E-state index is 11.9. The first-order valence-corrected chi connectivity index (χ1v) is 5.49. The first-order chi connectivity index (χ1) is 7.74. The SMILES string of the molecule is CNCc1ccccc1N1CCN(C)C1=O. The van der Waals surface area contributed by atoms with Gasteiger partial charge in [0.15, 0.2) is 0 Å². The van der Waals surface area contributed by atoms with Gasteiger partial charge in [0, 0.05) is 32.4 Å². The Morgan fingerprint density at radius 3 is 2.69 bits per heavy atom. The van der Waals surface area contributed by atoms with Gasteiger partial charge in [-0.15, -0.1) is 0 Å². The molecule has 1 N–H and O–H groups in total. The Bertz CT molecular complexity index is 392. The van der Waals surface area contributed by atoms with Gasteiger partial charge in [-0.25, -0.2) is 4.79 Å². The van der Waals surface area contributed by atoms with Gasteiger partial charge in [-0.2, -0.15) is 0 Å². The molecule has 16 heavy (non-hydrogen) atoms. The molecule has 4 nitrogen and oxygen atoms in total. The summed E-state index contributed by atoms with van der Waals surface area (Å²) in [6.07, 6.45) is 0. The Morgan fingerprint density at radius 1 is 1.31 bits per heavy atom. The summed E-state index contributed by atoms with van der Waals surface area (Å²) in [5.74, 6) is 0. The van der Waals surface area contributed by atoms with E-state index in [2.05, 4.69) is 11.4 Å². The molecular weight excluding hydrogens is 202 g/mol. The van der Waals surface area contributed by atoms with Crippen molar-refractivity contribution in [3.8, 4) is 0 Å². The Kier molecular flexibility index (Phi) is 3.10. The van der Waals surface area contributed by atoms with Crippen LogP contribution in [0.1, 0.15) is 5.56 Å². The van der Waals surface area contributed by atoms with Crippen LogP contribution >= 0.6 is 0 Å². The molecule has 4 heteroatoms. The molecule has 1 aromatic rings. The minimum absolute atomic E-state index is 0.0866. The lowest BCUT2D eigenvalue weighted by Crippen LogP contribution is -2.30. The first kappa shape index (κ1) is 11.0. The topological polar surface area (TPSA) is 35.6 Å². The molecule has 1 aromatic carbocycles. The number of urea groups is 1. The summed E-state index contributed by atoms with van der Waals surface area (Å²) >= 11 is 0. The zero-order valence-corrected chi connectivity index (χ0v) is 9.73. The molecule has 1 aliphatic heterocycles. The fourth-order valence-corrected chi connectivity index (χ4v) is 1.98. The summed E-state index contributed by atoms with van der Waals surface area (Å²) in [6.45, 7) is 2.35. The second-order valence-electron chi connectivity index (χ2n) is 4.01. The summed E-state index contributed by atoms with van der Waals surface area (Å²) < 4.78 is 0. The Hall–Kier alpha value is -1.55. The van der Waals surface area contributed by atoms with Gasteiger partial charge < -0.3 is 10.2 Å². The average molecular weight is 219 g/mol. The predicted molar refractivity (Wildman–Crippen MR) is 64.6 cm³/mol. The summed E-state index contributed by atoms with van der Waals surface area (Å²) in [4.78, 5) is 15.5. The van der Waals surface area contributed by atoms with E-state index in [-0.39, 0.29) is 6.03 Å². The van der Waals surface area contributed by atoms with Crippen molar-refractivity contribution in [2.75, 3.05) is 32.1 Å². The quantitative estimate of drug-likeness (QED) is 0.831. The Labute approximate surface area is 95.8 Å². The van der Waals surface area contributed by atoms with Crippen molar-refractivity contribution in [2.45, 2.75) is 6.54 Å². The predicted octanol–water partition coefficient (Wildman–Crippen LogP) is 1.28. The fourth-order valence-electron chi connectivity index (χ4n) is 1.98. The molecule has 0 unspecified atom stereocenters. The van der Waals surface area contributed by atoms with E-state index in [0.717, 1.165) is 30.9 Å².